The molecule has 0 spiro atoms. The molecule has 12 heteroatoms. The monoisotopic (exact) mass is 499 g/mol. The van der Waals surface area contributed by atoms with Gasteiger partial charge in [-0.2, -0.15) is 0 Å². The molecule has 34 heavy (non-hydrogen) atoms. The SMILES string of the molecule is COC(=O)C(C(=O)OC)c1cc(CCN2CCN(C(=O)OC(C)(C)C)CC2)c(Cl)cc1[N+](=O)[O-]. The van der Waals surface area contributed by atoms with E-state index in [1.807, 2.05) is 20.8 Å². The van der Waals surface area contributed by atoms with Crippen LogP contribution in [0.3, 0.4) is 0 Å². The Morgan fingerprint density at radius 1 is 1.09 bits per heavy atom. The van der Waals surface area contributed by atoms with Crippen molar-refractivity contribution in [1.82, 2.24) is 9.80 Å². The van der Waals surface area contributed by atoms with E-state index in [1.165, 1.54) is 6.07 Å². The molecule has 0 unspecified atom stereocenters. The number of benzene rings is 1. The summed E-state index contributed by atoms with van der Waals surface area (Å²) < 4.78 is 14.7. The van der Waals surface area contributed by atoms with Gasteiger partial charge in [0.2, 0.25) is 0 Å². The molecule has 0 atom stereocenters. The summed E-state index contributed by atoms with van der Waals surface area (Å²) in [6.07, 6.45) is 0.0533. The smallest absolute Gasteiger partial charge is 0.410 e. The van der Waals surface area contributed by atoms with Crippen molar-refractivity contribution in [3.05, 3.63) is 38.4 Å². The molecule has 11 nitrogen and oxygen atoms in total. The Hall–Kier alpha value is -2.92. The maximum Gasteiger partial charge on any atom is 0.410 e. The van der Waals surface area contributed by atoms with E-state index < -0.39 is 34.1 Å². The average molecular weight is 500 g/mol. The van der Waals surface area contributed by atoms with Crippen LogP contribution < -0.4 is 0 Å². The molecule has 0 radical (unpaired) electrons. The second-order valence-corrected chi connectivity index (χ2v) is 9.21. The predicted octanol–water partition coefficient (Wildman–Crippen LogP) is 2.77. The molecule has 1 heterocycles. The van der Waals surface area contributed by atoms with Gasteiger partial charge in [-0.1, -0.05) is 11.6 Å². The van der Waals surface area contributed by atoms with Crippen LogP contribution in [0.4, 0.5) is 10.5 Å². The second kappa shape index (κ2) is 11.5. The maximum atomic E-state index is 12.2. The number of methoxy groups -OCH3 is 2. The third kappa shape index (κ3) is 7.04. The lowest BCUT2D eigenvalue weighted by Crippen LogP contribution is -2.50. The molecular weight excluding hydrogens is 470 g/mol. The first-order valence-electron chi connectivity index (χ1n) is 10.7. The van der Waals surface area contributed by atoms with Crippen molar-refractivity contribution in [3.63, 3.8) is 0 Å². The van der Waals surface area contributed by atoms with Crippen molar-refractivity contribution in [3.8, 4) is 0 Å². The van der Waals surface area contributed by atoms with Crippen molar-refractivity contribution in [2.24, 2.45) is 0 Å². The van der Waals surface area contributed by atoms with Crippen LogP contribution in [0.15, 0.2) is 12.1 Å². The molecule has 0 bridgehead atoms. The molecule has 2 rings (SSSR count). The molecule has 1 aromatic carbocycles. The highest BCUT2D eigenvalue weighted by Gasteiger charge is 2.37. The van der Waals surface area contributed by atoms with Gasteiger partial charge >= 0.3 is 18.0 Å². The predicted molar refractivity (Wildman–Crippen MR) is 123 cm³/mol. The maximum absolute atomic E-state index is 12.2. The first-order valence-corrected chi connectivity index (χ1v) is 11.1. The molecule has 0 aliphatic carbocycles. The highest BCUT2D eigenvalue weighted by atomic mass is 35.5. The number of piperazine rings is 1. The van der Waals surface area contributed by atoms with Crippen LogP contribution in [0.25, 0.3) is 0 Å². The summed E-state index contributed by atoms with van der Waals surface area (Å²) >= 11 is 6.30. The molecule has 0 aromatic heterocycles. The number of rotatable bonds is 7. The van der Waals surface area contributed by atoms with Crippen LogP contribution >= 0.6 is 11.6 Å². The van der Waals surface area contributed by atoms with E-state index in [4.69, 9.17) is 16.3 Å². The number of halogens is 1. The van der Waals surface area contributed by atoms with Crippen LogP contribution in [0.2, 0.25) is 5.02 Å². The van der Waals surface area contributed by atoms with Crippen LogP contribution in [-0.2, 0) is 30.2 Å². The summed E-state index contributed by atoms with van der Waals surface area (Å²) in [4.78, 5) is 51.3. The highest BCUT2D eigenvalue weighted by Crippen LogP contribution is 2.34. The number of carbonyl (C=O) groups is 3. The summed E-state index contributed by atoms with van der Waals surface area (Å²) in [5, 5.41) is 11.7. The zero-order valence-corrected chi connectivity index (χ0v) is 20.7. The van der Waals surface area contributed by atoms with Crippen LogP contribution in [-0.4, -0.2) is 85.3 Å². The van der Waals surface area contributed by atoms with Crippen molar-refractivity contribution in [2.45, 2.75) is 38.7 Å². The molecular formula is C22H30ClN3O8. The third-order valence-electron chi connectivity index (χ3n) is 5.30. The largest absolute Gasteiger partial charge is 0.468 e. The van der Waals surface area contributed by atoms with Gasteiger partial charge in [0.1, 0.15) is 5.60 Å². The highest BCUT2D eigenvalue weighted by molar-refractivity contribution is 6.31. The lowest BCUT2D eigenvalue weighted by molar-refractivity contribution is -0.385. The molecule has 0 saturated carbocycles. The lowest BCUT2D eigenvalue weighted by atomic mass is 9.94. The van der Waals surface area contributed by atoms with Gasteiger partial charge < -0.3 is 19.1 Å². The summed E-state index contributed by atoms with van der Waals surface area (Å²) in [7, 11) is 2.16. The minimum Gasteiger partial charge on any atom is -0.468 e. The molecule has 1 amide bonds. The second-order valence-electron chi connectivity index (χ2n) is 8.80. The van der Waals surface area contributed by atoms with Crippen molar-refractivity contribution >= 4 is 35.3 Å². The molecule has 1 aliphatic rings. The van der Waals surface area contributed by atoms with Gasteiger partial charge in [0, 0.05) is 38.8 Å². The summed E-state index contributed by atoms with van der Waals surface area (Å²) in [5.74, 6) is -3.55. The average Bonchev–Trinajstić information content (AvgIpc) is 2.77. The lowest BCUT2D eigenvalue weighted by Gasteiger charge is -2.35. The van der Waals surface area contributed by atoms with Gasteiger partial charge in [0.15, 0.2) is 5.92 Å². The fraction of sp³-hybridized carbons (Fsp3) is 0.591. The number of amides is 1. The number of ether oxygens (including phenoxy) is 3. The summed E-state index contributed by atoms with van der Waals surface area (Å²) in [6, 6.07) is 2.52. The molecule has 1 aliphatic heterocycles. The standard InChI is InChI=1S/C22H30ClN3O8/c1-22(2,3)34-21(29)25-10-8-24(9-11-25)7-6-14-12-15(17(26(30)31)13-16(14)23)18(19(27)32-4)20(28)33-5/h12-13,18H,6-11H2,1-5H3. The van der Waals surface area contributed by atoms with Crippen molar-refractivity contribution < 1.29 is 33.5 Å². The van der Waals surface area contributed by atoms with E-state index in [1.54, 1.807) is 4.90 Å². The van der Waals surface area contributed by atoms with Crippen LogP contribution in [0.5, 0.6) is 0 Å². The molecule has 1 aromatic rings. The van der Waals surface area contributed by atoms with Gasteiger partial charge in [0.25, 0.3) is 5.69 Å². The van der Waals surface area contributed by atoms with Crippen LogP contribution in [0.1, 0.15) is 37.8 Å². The minimum absolute atomic E-state index is 0.141. The third-order valence-corrected chi connectivity index (χ3v) is 5.65. The Labute approximate surface area is 203 Å². The van der Waals surface area contributed by atoms with Gasteiger partial charge in [-0.25, -0.2) is 4.79 Å². The molecule has 0 N–H and O–H groups in total. The first-order chi connectivity index (χ1) is 15.9. The van der Waals surface area contributed by atoms with E-state index in [0.717, 1.165) is 20.3 Å². The Bertz CT molecular complexity index is 923. The van der Waals surface area contributed by atoms with E-state index in [-0.39, 0.29) is 16.7 Å². The number of carbonyl (C=O) groups excluding carboxylic acids is 3. The minimum atomic E-state index is -1.61. The Kier molecular flexibility index (Phi) is 9.22. The number of esters is 2. The fourth-order valence-corrected chi connectivity index (χ4v) is 3.80. The number of hydrogen-bond donors (Lipinski definition) is 0. The Balaban J connectivity index is 2.16. The summed E-state index contributed by atoms with van der Waals surface area (Å²) in [5.41, 5.74) is -0.641. The number of nitro benzene ring substituents is 1. The van der Waals surface area contributed by atoms with Gasteiger partial charge in [-0.3, -0.25) is 24.6 Å². The quantitative estimate of drug-likeness (QED) is 0.183. The zero-order valence-electron chi connectivity index (χ0n) is 20.0. The normalized spacial score (nSPS) is 14.6. The van der Waals surface area contributed by atoms with Gasteiger partial charge in [-0.15, -0.1) is 0 Å². The van der Waals surface area contributed by atoms with E-state index in [2.05, 4.69) is 14.4 Å². The molecule has 188 valence electrons. The molecule has 1 saturated heterocycles. The fourth-order valence-electron chi connectivity index (χ4n) is 3.55. The van der Waals surface area contributed by atoms with Gasteiger partial charge in [0.05, 0.1) is 29.7 Å². The molecule has 1 fully saturated rings. The van der Waals surface area contributed by atoms with Crippen molar-refractivity contribution in [1.29, 1.82) is 0 Å². The van der Waals surface area contributed by atoms with Crippen molar-refractivity contribution in [2.75, 3.05) is 46.9 Å². The number of nitro groups is 1. The number of nitrogens with zero attached hydrogens (tertiary/aromatic N) is 3. The first kappa shape index (κ1) is 27.3. The van der Waals surface area contributed by atoms with E-state index in [9.17, 15) is 24.5 Å². The Morgan fingerprint density at radius 3 is 2.12 bits per heavy atom. The van der Waals surface area contributed by atoms with E-state index >= 15 is 0 Å². The number of hydrogen-bond acceptors (Lipinski definition) is 9. The zero-order chi connectivity index (χ0) is 25.6. The van der Waals surface area contributed by atoms with Gasteiger partial charge in [-0.05, 0) is 38.8 Å². The topological polar surface area (TPSA) is 129 Å². The Morgan fingerprint density at radius 2 is 1.65 bits per heavy atom. The summed E-state index contributed by atoms with van der Waals surface area (Å²) in [6.45, 7) is 8.23. The van der Waals surface area contributed by atoms with Crippen LogP contribution in [0, 0.1) is 10.1 Å². The van der Waals surface area contributed by atoms with E-state index in [0.29, 0.717) is 44.7 Å².